The average molecular weight is 287 g/mol. The zero-order chi connectivity index (χ0) is 15.1. The molecule has 1 aromatic rings. The summed E-state index contributed by atoms with van der Waals surface area (Å²) in [6.45, 7) is 3.61. The fraction of sp³-hybridized carbons (Fsp3) is 0.438. The van der Waals surface area contributed by atoms with Gasteiger partial charge in [0.15, 0.2) is 0 Å². The lowest BCUT2D eigenvalue weighted by atomic mass is 10.1. The zero-order valence-electron chi connectivity index (χ0n) is 12.2. The Morgan fingerprint density at radius 3 is 2.86 bits per heavy atom. The minimum atomic E-state index is -0.162. The molecule has 2 amide bonds. The monoisotopic (exact) mass is 287 g/mol. The highest BCUT2D eigenvalue weighted by Gasteiger charge is 2.18. The molecule has 1 saturated heterocycles. The molecule has 1 fully saturated rings. The maximum atomic E-state index is 11.9. The van der Waals surface area contributed by atoms with E-state index in [0.717, 1.165) is 17.5 Å². The van der Waals surface area contributed by atoms with Crippen LogP contribution in [0.5, 0.6) is 0 Å². The van der Waals surface area contributed by atoms with E-state index in [1.807, 2.05) is 31.2 Å². The highest BCUT2D eigenvalue weighted by Crippen LogP contribution is 2.13. The van der Waals surface area contributed by atoms with Crippen LogP contribution in [-0.4, -0.2) is 31.8 Å². The Bertz CT molecular complexity index is 525. The van der Waals surface area contributed by atoms with Gasteiger partial charge < -0.3 is 21.1 Å². The number of carbonyl (C=O) groups is 1. The quantitative estimate of drug-likeness (QED) is 0.730. The van der Waals surface area contributed by atoms with Gasteiger partial charge in [-0.15, -0.1) is 0 Å². The van der Waals surface area contributed by atoms with Gasteiger partial charge in [-0.3, -0.25) is 0 Å². The molecule has 0 aromatic heterocycles. The summed E-state index contributed by atoms with van der Waals surface area (Å²) in [5.74, 6) is 5.78. The van der Waals surface area contributed by atoms with E-state index >= 15 is 0 Å². The SMILES string of the molecule is CC(NC(=O)NC1CCOC1)c1ccc(C#CCN)cc1. The van der Waals surface area contributed by atoms with Crippen molar-refractivity contribution in [2.24, 2.45) is 5.73 Å². The fourth-order valence-electron chi connectivity index (χ4n) is 2.16. The van der Waals surface area contributed by atoms with E-state index < -0.39 is 0 Å². The van der Waals surface area contributed by atoms with E-state index in [9.17, 15) is 4.79 Å². The first-order valence-electron chi connectivity index (χ1n) is 7.12. The number of nitrogens with two attached hydrogens (primary N) is 1. The van der Waals surface area contributed by atoms with Gasteiger partial charge in [0.05, 0.1) is 25.2 Å². The van der Waals surface area contributed by atoms with Crippen LogP contribution in [0.15, 0.2) is 24.3 Å². The van der Waals surface area contributed by atoms with Gasteiger partial charge in [0.25, 0.3) is 0 Å². The molecule has 0 bridgehead atoms. The second-order valence-corrected chi connectivity index (χ2v) is 5.03. The van der Waals surface area contributed by atoms with Crippen LogP contribution in [0, 0.1) is 11.8 Å². The molecule has 112 valence electrons. The summed E-state index contributed by atoms with van der Waals surface area (Å²) in [4.78, 5) is 11.9. The summed E-state index contributed by atoms with van der Waals surface area (Å²) in [6, 6.07) is 7.67. The van der Waals surface area contributed by atoms with E-state index in [-0.39, 0.29) is 18.1 Å². The van der Waals surface area contributed by atoms with Crippen LogP contribution in [0.4, 0.5) is 4.79 Å². The van der Waals surface area contributed by atoms with Gasteiger partial charge in [0, 0.05) is 12.2 Å². The second kappa shape index (κ2) is 7.67. The Morgan fingerprint density at radius 2 is 2.24 bits per heavy atom. The molecule has 2 unspecified atom stereocenters. The molecule has 0 aliphatic carbocycles. The van der Waals surface area contributed by atoms with Gasteiger partial charge in [-0.25, -0.2) is 4.79 Å². The van der Waals surface area contributed by atoms with Crippen LogP contribution in [0.2, 0.25) is 0 Å². The lowest BCUT2D eigenvalue weighted by molar-refractivity contribution is 0.188. The Balaban J connectivity index is 1.87. The van der Waals surface area contributed by atoms with Crippen molar-refractivity contribution in [2.75, 3.05) is 19.8 Å². The Kier molecular flexibility index (Phi) is 5.61. The first-order valence-corrected chi connectivity index (χ1v) is 7.12. The molecule has 2 atom stereocenters. The molecule has 4 N–H and O–H groups in total. The Hall–Kier alpha value is -2.03. The third kappa shape index (κ3) is 4.78. The van der Waals surface area contributed by atoms with Crippen molar-refractivity contribution >= 4 is 6.03 Å². The molecule has 1 heterocycles. The fourth-order valence-corrected chi connectivity index (χ4v) is 2.16. The summed E-state index contributed by atoms with van der Waals surface area (Å²) < 4.78 is 5.23. The molecule has 0 radical (unpaired) electrons. The van der Waals surface area contributed by atoms with E-state index in [2.05, 4.69) is 22.5 Å². The van der Waals surface area contributed by atoms with Crippen molar-refractivity contribution in [3.63, 3.8) is 0 Å². The summed E-state index contributed by atoms with van der Waals surface area (Å²) in [7, 11) is 0. The van der Waals surface area contributed by atoms with E-state index in [1.165, 1.54) is 0 Å². The predicted octanol–water partition coefficient (Wildman–Crippen LogP) is 1.15. The number of ether oxygens (including phenoxy) is 1. The average Bonchev–Trinajstić information content (AvgIpc) is 2.98. The van der Waals surface area contributed by atoms with Crippen LogP contribution in [-0.2, 0) is 4.74 Å². The number of amides is 2. The molecular formula is C16H21N3O2. The number of nitrogens with one attached hydrogen (secondary N) is 2. The largest absolute Gasteiger partial charge is 0.379 e. The van der Waals surface area contributed by atoms with Crippen LogP contribution in [0.1, 0.15) is 30.5 Å². The number of hydrogen-bond acceptors (Lipinski definition) is 3. The third-order valence-electron chi connectivity index (χ3n) is 3.36. The van der Waals surface area contributed by atoms with E-state index in [0.29, 0.717) is 19.8 Å². The van der Waals surface area contributed by atoms with Crippen molar-refractivity contribution in [1.29, 1.82) is 0 Å². The summed E-state index contributed by atoms with van der Waals surface area (Å²) in [6.07, 6.45) is 0.871. The minimum absolute atomic E-state index is 0.0659. The third-order valence-corrected chi connectivity index (χ3v) is 3.36. The highest BCUT2D eigenvalue weighted by atomic mass is 16.5. The number of rotatable bonds is 3. The first-order chi connectivity index (χ1) is 10.2. The standard InChI is InChI=1S/C16H21N3O2/c1-12(18-16(20)19-15-8-10-21-11-15)14-6-4-13(5-7-14)3-2-9-17/h4-7,12,15H,8-11,17H2,1H3,(H2,18,19,20). The van der Waals surface area contributed by atoms with Crippen LogP contribution >= 0.6 is 0 Å². The van der Waals surface area contributed by atoms with Crippen molar-refractivity contribution in [2.45, 2.75) is 25.4 Å². The van der Waals surface area contributed by atoms with Crippen LogP contribution in [0.3, 0.4) is 0 Å². The molecule has 21 heavy (non-hydrogen) atoms. The first kappa shape index (κ1) is 15.4. The lowest BCUT2D eigenvalue weighted by Crippen LogP contribution is -2.43. The molecule has 5 nitrogen and oxygen atoms in total. The van der Waals surface area contributed by atoms with Gasteiger partial charge in [0.2, 0.25) is 0 Å². The van der Waals surface area contributed by atoms with Crippen LogP contribution in [0.25, 0.3) is 0 Å². The number of hydrogen-bond donors (Lipinski definition) is 3. The number of benzene rings is 1. The van der Waals surface area contributed by atoms with Gasteiger partial charge in [-0.05, 0) is 31.0 Å². The molecule has 1 aliphatic heterocycles. The topological polar surface area (TPSA) is 76.4 Å². The molecule has 0 spiro atoms. The normalized spacial score (nSPS) is 18.5. The van der Waals surface area contributed by atoms with Crippen molar-refractivity contribution < 1.29 is 9.53 Å². The van der Waals surface area contributed by atoms with Gasteiger partial charge in [-0.1, -0.05) is 24.0 Å². The van der Waals surface area contributed by atoms with E-state index in [1.54, 1.807) is 0 Å². The lowest BCUT2D eigenvalue weighted by Gasteiger charge is -2.17. The highest BCUT2D eigenvalue weighted by molar-refractivity contribution is 5.74. The minimum Gasteiger partial charge on any atom is -0.379 e. The zero-order valence-corrected chi connectivity index (χ0v) is 12.2. The summed E-state index contributed by atoms with van der Waals surface area (Å²) in [5, 5.41) is 5.83. The molecule has 0 saturated carbocycles. The predicted molar refractivity (Wildman–Crippen MR) is 81.7 cm³/mol. The second-order valence-electron chi connectivity index (χ2n) is 5.03. The molecular weight excluding hydrogens is 266 g/mol. The van der Waals surface area contributed by atoms with Crippen molar-refractivity contribution in [3.8, 4) is 11.8 Å². The van der Waals surface area contributed by atoms with Crippen molar-refractivity contribution in [1.82, 2.24) is 10.6 Å². The van der Waals surface area contributed by atoms with Gasteiger partial charge >= 0.3 is 6.03 Å². The number of urea groups is 1. The Labute approximate surface area is 125 Å². The maximum absolute atomic E-state index is 11.9. The smallest absolute Gasteiger partial charge is 0.315 e. The molecule has 2 rings (SSSR count). The number of carbonyl (C=O) groups excluding carboxylic acids is 1. The summed E-state index contributed by atoms with van der Waals surface area (Å²) >= 11 is 0. The van der Waals surface area contributed by atoms with Crippen LogP contribution < -0.4 is 16.4 Å². The maximum Gasteiger partial charge on any atom is 0.315 e. The summed E-state index contributed by atoms with van der Waals surface area (Å²) in [5.41, 5.74) is 7.29. The van der Waals surface area contributed by atoms with Gasteiger partial charge in [-0.2, -0.15) is 0 Å². The molecule has 1 aromatic carbocycles. The molecule has 5 heteroatoms. The van der Waals surface area contributed by atoms with Gasteiger partial charge in [0.1, 0.15) is 0 Å². The Morgan fingerprint density at radius 1 is 1.48 bits per heavy atom. The molecule has 1 aliphatic rings. The van der Waals surface area contributed by atoms with E-state index in [4.69, 9.17) is 10.5 Å². The van der Waals surface area contributed by atoms with Crippen molar-refractivity contribution in [3.05, 3.63) is 35.4 Å².